The molecule has 0 fully saturated rings. The maximum atomic E-state index is 5.34. The van der Waals surface area contributed by atoms with Gasteiger partial charge in [0.15, 0.2) is 0 Å². The second kappa shape index (κ2) is 3.54. The van der Waals surface area contributed by atoms with Crippen molar-refractivity contribution >= 4 is 0 Å². The van der Waals surface area contributed by atoms with E-state index in [1.807, 2.05) is 25.1 Å². The normalized spacial score (nSPS) is 10.1. The zero-order valence-corrected chi connectivity index (χ0v) is 8.24. The Morgan fingerprint density at radius 1 is 1.36 bits per heavy atom. The number of nitrogens with one attached hydrogen (secondary N) is 1. The van der Waals surface area contributed by atoms with Gasteiger partial charge in [0.25, 0.3) is 0 Å². The number of ether oxygens (including phenoxy) is 1. The second-order valence-electron chi connectivity index (χ2n) is 3.09. The van der Waals surface area contributed by atoms with Crippen LogP contribution in [0.25, 0.3) is 11.4 Å². The number of methoxy groups -OCH3 is 1. The molecular formula is C11H12N2O. The molecule has 0 radical (unpaired) electrons. The van der Waals surface area contributed by atoms with Crippen molar-refractivity contribution < 1.29 is 4.74 Å². The monoisotopic (exact) mass is 188 g/mol. The van der Waals surface area contributed by atoms with Gasteiger partial charge in [-0.25, -0.2) is 4.98 Å². The van der Waals surface area contributed by atoms with Crippen molar-refractivity contribution in [2.75, 3.05) is 7.11 Å². The molecule has 3 nitrogen and oxygen atoms in total. The Bertz CT molecular complexity index is 421. The minimum atomic E-state index is 0.838. The number of nitrogens with zero attached hydrogens (tertiary/aromatic N) is 1. The fourth-order valence-electron chi connectivity index (χ4n) is 1.52. The first kappa shape index (κ1) is 8.81. The molecule has 1 heterocycles. The van der Waals surface area contributed by atoms with E-state index in [4.69, 9.17) is 4.74 Å². The Morgan fingerprint density at radius 2 is 2.21 bits per heavy atom. The summed E-state index contributed by atoms with van der Waals surface area (Å²) < 4.78 is 5.34. The van der Waals surface area contributed by atoms with Crippen molar-refractivity contribution in [2.24, 2.45) is 0 Å². The summed E-state index contributed by atoms with van der Waals surface area (Å²) in [6, 6.07) is 6.01. The van der Waals surface area contributed by atoms with Crippen LogP contribution >= 0.6 is 0 Å². The number of benzene rings is 1. The highest BCUT2D eigenvalue weighted by atomic mass is 16.5. The van der Waals surface area contributed by atoms with Crippen molar-refractivity contribution in [1.82, 2.24) is 9.97 Å². The van der Waals surface area contributed by atoms with Crippen molar-refractivity contribution in [1.29, 1.82) is 0 Å². The molecule has 0 aliphatic rings. The zero-order chi connectivity index (χ0) is 9.97. The summed E-state index contributed by atoms with van der Waals surface area (Å²) in [5.41, 5.74) is 2.11. The second-order valence-corrected chi connectivity index (χ2v) is 3.09. The van der Waals surface area contributed by atoms with E-state index >= 15 is 0 Å². The van der Waals surface area contributed by atoms with Crippen molar-refractivity contribution in [3.8, 4) is 17.1 Å². The number of aromatic nitrogens is 2. The molecule has 0 aliphatic heterocycles. The summed E-state index contributed by atoms with van der Waals surface area (Å²) >= 11 is 0. The number of para-hydroxylation sites is 1. The molecule has 0 saturated carbocycles. The molecule has 0 aliphatic carbocycles. The number of H-pyrrole nitrogens is 1. The number of imidazole rings is 1. The number of hydrogen-bond acceptors (Lipinski definition) is 2. The van der Waals surface area contributed by atoms with Crippen LogP contribution in [-0.2, 0) is 0 Å². The van der Waals surface area contributed by atoms with Gasteiger partial charge >= 0.3 is 0 Å². The molecule has 0 saturated heterocycles. The molecule has 2 aromatic rings. The topological polar surface area (TPSA) is 37.9 Å². The summed E-state index contributed by atoms with van der Waals surface area (Å²) in [6.45, 7) is 2.02. The molecule has 14 heavy (non-hydrogen) atoms. The van der Waals surface area contributed by atoms with Crippen LogP contribution in [0.3, 0.4) is 0 Å². The molecule has 1 aromatic carbocycles. The lowest BCUT2D eigenvalue weighted by atomic mass is 10.1. The first-order valence-electron chi connectivity index (χ1n) is 4.46. The van der Waals surface area contributed by atoms with Gasteiger partial charge in [-0.15, -0.1) is 0 Å². The minimum absolute atomic E-state index is 0.838. The summed E-state index contributed by atoms with van der Waals surface area (Å²) in [6.07, 6.45) is 3.54. The van der Waals surface area contributed by atoms with Crippen LogP contribution in [0.2, 0.25) is 0 Å². The highest BCUT2D eigenvalue weighted by molar-refractivity contribution is 5.66. The van der Waals surface area contributed by atoms with E-state index in [-0.39, 0.29) is 0 Å². The van der Waals surface area contributed by atoms with Gasteiger partial charge in [-0.05, 0) is 18.6 Å². The highest BCUT2D eigenvalue weighted by Gasteiger charge is 2.08. The van der Waals surface area contributed by atoms with E-state index in [0.717, 1.165) is 22.7 Å². The number of hydrogen-bond donors (Lipinski definition) is 1. The standard InChI is InChI=1S/C11H12N2O/c1-8-4-3-5-9(10(8)14-2)11-12-6-7-13-11/h3-7H,1-2H3,(H,12,13). The smallest absolute Gasteiger partial charge is 0.141 e. The van der Waals surface area contributed by atoms with Gasteiger partial charge in [0.2, 0.25) is 0 Å². The van der Waals surface area contributed by atoms with E-state index in [2.05, 4.69) is 9.97 Å². The fourth-order valence-corrected chi connectivity index (χ4v) is 1.52. The van der Waals surface area contributed by atoms with E-state index in [1.165, 1.54) is 0 Å². The van der Waals surface area contributed by atoms with Gasteiger partial charge in [0.1, 0.15) is 11.6 Å². The van der Waals surface area contributed by atoms with Crippen LogP contribution in [0.4, 0.5) is 0 Å². The first-order chi connectivity index (χ1) is 6.83. The molecule has 2 rings (SSSR count). The number of rotatable bonds is 2. The van der Waals surface area contributed by atoms with Crippen molar-refractivity contribution in [3.05, 3.63) is 36.2 Å². The minimum Gasteiger partial charge on any atom is -0.496 e. The third kappa shape index (κ3) is 1.37. The third-order valence-electron chi connectivity index (χ3n) is 2.17. The Balaban J connectivity index is 2.58. The first-order valence-corrected chi connectivity index (χ1v) is 4.46. The lowest BCUT2D eigenvalue weighted by Gasteiger charge is -2.08. The van der Waals surface area contributed by atoms with E-state index in [9.17, 15) is 0 Å². The van der Waals surface area contributed by atoms with E-state index in [0.29, 0.717) is 0 Å². The van der Waals surface area contributed by atoms with Crippen LogP contribution in [0.15, 0.2) is 30.6 Å². The van der Waals surface area contributed by atoms with Gasteiger partial charge in [0.05, 0.1) is 12.7 Å². The van der Waals surface area contributed by atoms with Crippen LogP contribution in [0.5, 0.6) is 5.75 Å². The predicted molar refractivity (Wildman–Crippen MR) is 55.3 cm³/mol. The molecule has 3 heteroatoms. The summed E-state index contributed by atoms with van der Waals surface area (Å²) in [7, 11) is 1.68. The van der Waals surface area contributed by atoms with Gasteiger partial charge in [0, 0.05) is 12.4 Å². The average molecular weight is 188 g/mol. The molecule has 1 aromatic heterocycles. The van der Waals surface area contributed by atoms with Gasteiger partial charge in [-0.3, -0.25) is 0 Å². The molecule has 0 atom stereocenters. The van der Waals surface area contributed by atoms with Gasteiger partial charge in [-0.2, -0.15) is 0 Å². The Hall–Kier alpha value is -1.77. The maximum Gasteiger partial charge on any atom is 0.141 e. The van der Waals surface area contributed by atoms with Gasteiger partial charge < -0.3 is 9.72 Å². The van der Waals surface area contributed by atoms with Crippen molar-refractivity contribution in [2.45, 2.75) is 6.92 Å². The fraction of sp³-hybridized carbons (Fsp3) is 0.182. The van der Waals surface area contributed by atoms with E-state index in [1.54, 1.807) is 19.5 Å². The molecule has 0 amide bonds. The predicted octanol–water partition coefficient (Wildman–Crippen LogP) is 2.39. The Kier molecular flexibility index (Phi) is 2.23. The highest BCUT2D eigenvalue weighted by Crippen LogP contribution is 2.29. The third-order valence-corrected chi connectivity index (χ3v) is 2.17. The van der Waals surface area contributed by atoms with Crippen LogP contribution in [0, 0.1) is 6.92 Å². The average Bonchev–Trinajstić information content (AvgIpc) is 2.70. The maximum absolute atomic E-state index is 5.34. The van der Waals surface area contributed by atoms with Gasteiger partial charge in [-0.1, -0.05) is 12.1 Å². The van der Waals surface area contributed by atoms with Crippen LogP contribution in [-0.4, -0.2) is 17.1 Å². The molecule has 72 valence electrons. The molecule has 1 N–H and O–H groups in total. The molecule has 0 bridgehead atoms. The summed E-state index contributed by atoms with van der Waals surface area (Å²) in [5, 5.41) is 0. The van der Waals surface area contributed by atoms with Crippen LogP contribution < -0.4 is 4.74 Å². The Labute approximate surface area is 82.8 Å². The Morgan fingerprint density at radius 3 is 2.86 bits per heavy atom. The summed E-state index contributed by atoms with van der Waals surface area (Å²) in [5.74, 6) is 1.72. The quantitative estimate of drug-likeness (QED) is 0.785. The SMILES string of the molecule is COc1c(C)cccc1-c1ncc[nH]1. The zero-order valence-electron chi connectivity index (χ0n) is 8.24. The molecule has 0 unspecified atom stereocenters. The van der Waals surface area contributed by atoms with Crippen molar-refractivity contribution in [3.63, 3.8) is 0 Å². The van der Waals surface area contributed by atoms with E-state index < -0.39 is 0 Å². The lowest BCUT2D eigenvalue weighted by molar-refractivity contribution is 0.413. The lowest BCUT2D eigenvalue weighted by Crippen LogP contribution is -1.91. The van der Waals surface area contributed by atoms with Crippen LogP contribution in [0.1, 0.15) is 5.56 Å². The number of aryl methyl sites for hydroxylation is 1. The molecular weight excluding hydrogens is 176 g/mol. The molecule has 0 spiro atoms. The number of aromatic amines is 1. The summed E-state index contributed by atoms with van der Waals surface area (Å²) in [4.78, 5) is 7.26. The largest absolute Gasteiger partial charge is 0.496 e.